The molecule has 8 heteroatoms. The van der Waals surface area contributed by atoms with Crippen LogP contribution in [0.1, 0.15) is 26.0 Å². The Labute approximate surface area is 154 Å². The van der Waals surface area contributed by atoms with Crippen molar-refractivity contribution in [3.8, 4) is 11.3 Å². The predicted octanol–water partition coefficient (Wildman–Crippen LogP) is 3.31. The largest absolute Gasteiger partial charge is 0.480 e. The molecule has 6 nitrogen and oxygen atoms in total. The summed E-state index contributed by atoms with van der Waals surface area (Å²) in [6.45, 7) is 3.68. The van der Waals surface area contributed by atoms with E-state index >= 15 is 0 Å². The minimum atomic E-state index is -1.22. The summed E-state index contributed by atoms with van der Waals surface area (Å²) in [5.74, 6) is -3.37. The van der Waals surface area contributed by atoms with Crippen LogP contribution in [0.5, 0.6) is 0 Å². The van der Waals surface area contributed by atoms with Gasteiger partial charge in [0.05, 0.1) is 0 Å². The fourth-order valence-corrected chi connectivity index (χ4v) is 2.71. The van der Waals surface area contributed by atoms with E-state index in [2.05, 4.69) is 5.32 Å². The Morgan fingerprint density at radius 2 is 1.63 bits per heavy atom. The molecular formula is C19H21F2NO5. The lowest BCUT2D eigenvalue weighted by Gasteiger charge is -2.21. The van der Waals surface area contributed by atoms with Crippen LogP contribution in [0.4, 0.5) is 8.78 Å². The van der Waals surface area contributed by atoms with Gasteiger partial charge in [-0.15, -0.1) is 0 Å². The van der Waals surface area contributed by atoms with Gasteiger partial charge in [-0.05, 0) is 36.6 Å². The van der Waals surface area contributed by atoms with Crippen molar-refractivity contribution in [3.63, 3.8) is 0 Å². The quantitative estimate of drug-likeness (QED) is 0.616. The molecule has 3 N–H and O–H groups in total. The lowest BCUT2D eigenvalue weighted by molar-refractivity contribution is -0.143. The van der Waals surface area contributed by atoms with Gasteiger partial charge in [0, 0.05) is 18.1 Å². The number of rotatable bonds is 9. The van der Waals surface area contributed by atoms with Crippen LogP contribution in [0.15, 0.2) is 34.7 Å². The van der Waals surface area contributed by atoms with Crippen molar-refractivity contribution in [1.82, 2.24) is 5.32 Å². The smallest absolute Gasteiger partial charge is 0.321 e. The van der Waals surface area contributed by atoms with Crippen molar-refractivity contribution in [2.45, 2.75) is 38.8 Å². The Morgan fingerprint density at radius 1 is 1.04 bits per heavy atom. The molecule has 1 aromatic heterocycles. The topological polar surface area (TPSA) is 99.8 Å². The summed E-state index contributed by atoms with van der Waals surface area (Å²) in [6.07, 6.45) is 0.153. The summed E-state index contributed by atoms with van der Waals surface area (Å²) >= 11 is 0. The fraction of sp³-hybridized carbons (Fsp3) is 0.368. The first kappa shape index (κ1) is 20.6. The third kappa shape index (κ3) is 5.89. The van der Waals surface area contributed by atoms with Gasteiger partial charge in [0.1, 0.15) is 35.2 Å². The zero-order valence-electron chi connectivity index (χ0n) is 14.9. The second-order valence-corrected chi connectivity index (χ2v) is 6.71. The maximum absolute atomic E-state index is 13.3. The average Bonchev–Trinajstić information content (AvgIpc) is 3.00. The van der Waals surface area contributed by atoms with Crippen LogP contribution in [0, 0.1) is 17.6 Å². The number of benzene rings is 1. The Kier molecular flexibility index (Phi) is 6.68. The lowest BCUT2D eigenvalue weighted by atomic mass is 10.0. The van der Waals surface area contributed by atoms with Gasteiger partial charge < -0.3 is 14.6 Å². The highest BCUT2D eigenvalue weighted by atomic mass is 19.1. The maximum Gasteiger partial charge on any atom is 0.321 e. The third-order valence-corrected chi connectivity index (χ3v) is 3.92. The van der Waals surface area contributed by atoms with Crippen LogP contribution in [0.3, 0.4) is 0 Å². The lowest BCUT2D eigenvalue weighted by Crippen LogP contribution is -2.48. The monoisotopic (exact) mass is 381 g/mol. The summed E-state index contributed by atoms with van der Waals surface area (Å²) < 4.78 is 32.2. The number of nitrogens with one attached hydrogen (secondary N) is 1. The molecule has 0 aliphatic heterocycles. The molecular weight excluding hydrogens is 360 g/mol. The fourth-order valence-electron chi connectivity index (χ4n) is 2.71. The van der Waals surface area contributed by atoms with Crippen molar-refractivity contribution in [2.75, 3.05) is 0 Å². The highest BCUT2D eigenvalue weighted by Crippen LogP contribution is 2.25. The summed E-state index contributed by atoms with van der Waals surface area (Å²) in [5, 5.41) is 21.3. The van der Waals surface area contributed by atoms with Crippen molar-refractivity contribution in [3.05, 3.63) is 47.7 Å². The van der Waals surface area contributed by atoms with Crippen LogP contribution in [-0.2, 0) is 16.0 Å². The van der Waals surface area contributed by atoms with Gasteiger partial charge in [-0.25, -0.2) is 8.78 Å². The Morgan fingerprint density at radius 3 is 2.15 bits per heavy atom. The van der Waals surface area contributed by atoms with Gasteiger partial charge in [0.2, 0.25) is 0 Å². The second kappa shape index (κ2) is 8.77. The predicted molar refractivity (Wildman–Crippen MR) is 93.2 cm³/mol. The van der Waals surface area contributed by atoms with E-state index in [-0.39, 0.29) is 35.8 Å². The van der Waals surface area contributed by atoms with Crippen molar-refractivity contribution in [1.29, 1.82) is 0 Å². The number of aliphatic carboxylic acids is 2. The third-order valence-electron chi connectivity index (χ3n) is 3.92. The highest BCUT2D eigenvalue weighted by Gasteiger charge is 2.27. The first-order chi connectivity index (χ1) is 12.7. The van der Waals surface area contributed by atoms with Crippen LogP contribution >= 0.6 is 0 Å². The molecule has 2 atom stereocenters. The summed E-state index contributed by atoms with van der Waals surface area (Å²) in [4.78, 5) is 22.9. The minimum Gasteiger partial charge on any atom is -0.480 e. The minimum absolute atomic E-state index is 0.0612. The molecule has 0 fully saturated rings. The highest BCUT2D eigenvalue weighted by molar-refractivity contribution is 5.77. The molecule has 146 valence electrons. The van der Waals surface area contributed by atoms with E-state index in [0.717, 1.165) is 18.2 Å². The molecule has 2 aromatic rings. The molecule has 0 spiro atoms. The van der Waals surface area contributed by atoms with Gasteiger partial charge >= 0.3 is 11.9 Å². The molecule has 0 unspecified atom stereocenters. The number of carbonyl (C=O) groups is 2. The Bertz CT molecular complexity index is 798. The van der Waals surface area contributed by atoms with E-state index in [1.807, 2.05) is 13.8 Å². The van der Waals surface area contributed by atoms with Gasteiger partial charge in [0.25, 0.3) is 0 Å². The van der Waals surface area contributed by atoms with E-state index < -0.39 is 35.7 Å². The molecule has 1 heterocycles. The Balaban J connectivity index is 2.16. The normalized spacial score (nSPS) is 13.5. The van der Waals surface area contributed by atoms with Gasteiger partial charge in [-0.2, -0.15) is 0 Å². The first-order valence-corrected chi connectivity index (χ1v) is 8.42. The summed E-state index contributed by atoms with van der Waals surface area (Å²) in [7, 11) is 0. The molecule has 0 saturated carbocycles. The van der Waals surface area contributed by atoms with Crippen molar-refractivity contribution < 1.29 is 33.0 Å². The summed E-state index contributed by atoms with van der Waals surface area (Å²) in [5.41, 5.74) is 0.182. The van der Waals surface area contributed by atoms with E-state index in [9.17, 15) is 28.6 Å². The molecule has 0 saturated heterocycles. The van der Waals surface area contributed by atoms with Crippen LogP contribution < -0.4 is 5.32 Å². The molecule has 0 radical (unpaired) electrons. The van der Waals surface area contributed by atoms with E-state index in [1.165, 1.54) is 12.1 Å². The van der Waals surface area contributed by atoms with Crippen molar-refractivity contribution >= 4 is 11.9 Å². The zero-order valence-corrected chi connectivity index (χ0v) is 14.9. The number of hydrogen-bond acceptors (Lipinski definition) is 4. The van der Waals surface area contributed by atoms with E-state index in [0.29, 0.717) is 0 Å². The number of hydrogen-bond donors (Lipinski definition) is 3. The SMILES string of the molecule is CC(C)C[C@H](N[C@@H](Cc1ccc(-c2cc(F)cc(F)c2)o1)C(=O)O)C(=O)O. The van der Waals surface area contributed by atoms with E-state index in [1.54, 1.807) is 0 Å². The standard InChI is InChI=1S/C19H21F2NO5/c1-10(2)5-15(18(23)24)22-16(19(25)26)9-14-3-4-17(27-14)11-6-12(20)8-13(21)7-11/h3-4,6-8,10,15-16,22H,5,9H2,1-2H3,(H,23,24)(H,25,26)/t15-,16-/m0/s1. The molecule has 0 bridgehead atoms. The first-order valence-electron chi connectivity index (χ1n) is 8.42. The van der Waals surface area contributed by atoms with Crippen LogP contribution in [0.2, 0.25) is 0 Å². The van der Waals surface area contributed by atoms with Gasteiger partial charge in [-0.1, -0.05) is 13.8 Å². The Hall–Kier alpha value is -2.74. The van der Waals surface area contributed by atoms with Crippen LogP contribution in [-0.4, -0.2) is 34.2 Å². The molecule has 0 aliphatic carbocycles. The maximum atomic E-state index is 13.3. The zero-order chi connectivity index (χ0) is 20.1. The average molecular weight is 381 g/mol. The number of carboxylic acid groups (broad SMARTS) is 2. The number of carboxylic acids is 2. The molecule has 2 rings (SSSR count). The van der Waals surface area contributed by atoms with Crippen LogP contribution in [0.25, 0.3) is 11.3 Å². The molecule has 0 aliphatic rings. The van der Waals surface area contributed by atoms with Gasteiger partial charge in [-0.3, -0.25) is 14.9 Å². The van der Waals surface area contributed by atoms with E-state index in [4.69, 9.17) is 4.42 Å². The summed E-state index contributed by atoms with van der Waals surface area (Å²) in [6, 6.07) is 3.70. The number of halogens is 2. The second-order valence-electron chi connectivity index (χ2n) is 6.71. The molecule has 0 amide bonds. The number of furan rings is 1. The molecule has 1 aromatic carbocycles. The van der Waals surface area contributed by atoms with Crippen molar-refractivity contribution in [2.24, 2.45) is 5.92 Å². The molecule has 27 heavy (non-hydrogen) atoms. The van der Waals surface area contributed by atoms with Gasteiger partial charge in [0.15, 0.2) is 0 Å².